The maximum atomic E-state index is 13.9. The van der Waals surface area contributed by atoms with Crippen molar-refractivity contribution in [3.05, 3.63) is 29.6 Å². The first-order valence-electron chi connectivity index (χ1n) is 8.15. The Labute approximate surface area is 133 Å². The fourth-order valence-electron chi connectivity index (χ4n) is 2.26. The van der Waals surface area contributed by atoms with Crippen LogP contribution in [-0.2, 0) is 0 Å². The third kappa shape index (κ3) is 7.03. The second-order valence-electron chi connectivity index (χ2n) is 5.92. The smallest absolute Gasteiger partial charge is 0.179 e. The third-order valence-electron chi connectivity index (χ3n) is 3.47. The van der Waals surface area contributed by atoms with Gasteiger partial charge in [0.1, 0.15) is 11.6 Å². The molecule has 0 fully saturated rings. The van der Waals surface area contributed by atoms with E-state index in [0.29, 0.717) is 12.4 Å². The summed E-state index contributed by atoms with van der Waals surface area (Å²) in [5, 5.41) is 0. The molecule has 0 aromatic heterocycles. The largest absolute Gasteiger partial charge is 0.493 e. The van der Waals surface area contributed by atoms with Gasteiger partial charge in [0, 0.05) is 6.07 Å². The first-order chi connectivity index (χ1) is 10.5. The van der Waals surface area contributed by atoms with Gasteiger partial charge in [0.05, 0.1) is 18.7 Å². The zero-order valence-corrected chi connectivity index (χ0v) is 14.0. The molecule has 0 atom stereocenters. The van der Waals surface area contributed by atoms with Crippen LogP contribution in [0.5, 0.6) is 5.75 Å². The maximum absolute atomic E-state index is 13.9. The predicted molar refractivity (Wildman–Crippen MR) is 88.2 cm³/mol. The van der Waals surface area contributed by atoms with Crippen molar-refractivity contribution in [3.63, 3.8) is 0 Å². The second-order valence-corrected chi connectivity index (χ2v) is 5.92. The number of hydrogen-bond donors (Lipinski definition) is 0. The van der Waals surface area contributed by atoms with Crippen molar-refractivity contribution in [1.29, 1.82) is 0 Å². The minimum Gasteiger partial charge on any atom is -0.493 e. The van der Waals surface area contributed by atoms with E-state index in [-0.39, 0.29) is 17.9 Å². The van der Waals surface area contributed by atoms with Crippen LogP contribution in [0.1, 0.15) is 55.8 Å². The molecule has 0 amide bonds. The summed E-state index contributed by atoms with van der Waals surface area (Å²) in [5.41, 5.74) is 0.126. The molecule has 0 N–H and O–H groups in total. The fraction of sp³-hybridized carbons (Fsp3) is 0.611. The van der Waals surface area contributed by atoms with Gasteiger partial charge in [-0.05, 0) is 32.6 Å². The van der Waals surface area contributed by atoms with Crippen LogP contribution in [0.3, 0.4) is 0 Å². The van der Waals surface area contributed by atoms with E-state index in [2.05, 4.69) is 6.92 Å². The first kappa shape index (κ1) is 18.6. The van der Waals surface area contributed by atoms with Crippen LogP contribution in [0, 0.1) is 5.82 Å². The lowest BCUT2D eigenvalue weighted by atomic mass is 10.1. The molecule has 0 radical (unpaired) electrons. The molecule has 0 unspecified atom stereocenters. The van der Waals surface area contributed by atoms with Gasteiger partial charge in [-0.2, -0.15) is 0 Å². The Morgan fingerprint density at radius 1 is 1.14 bits per heavy atom. The summed E-state index contributed by atoms with van der Waals surface area (Å²) >= 11 is 0. The molecule has 1 rings (SSSR count). The quantitative estimate of drug-likeness (QED) is 0.450. The van der Waals surface area contributed by atoms with Gasteiger partial charge in [0.25, 0.3) is 0 Å². The number of carbonyl (C=O) groups is 1. The van der Waals surface area contributed by atoms with E-state index >= 15 is 0 Å². The van der Waals surface area contributed by atoms with Crippen molar-refractivity contribution in [2.24, 2.45) is 0 Å². The summed E-state index contributed by atoms with van der Waals surface area (Å²) in [5.74, 6) is -0.232. The highest BCUT2D eigenvalue weighted by atomic mass is 19.1. The number of hydrogen-bond acceptors (Lipinski definition) is 3. The van der Waals surface area contributed by atoms with Crippen LogP contribution >= 0.6 is 0 Å². The Kier molecular flexibility index (Phi) is 8.75. The Morgan fingerprint density at radius 3 is 2.45 bits per heavy atom. The standard InChI is InChI=1S/C18H28FNO2/c1-4-5-6-7-8-9-12-22-15-10-11-16(17(19)13-15)18(21)14-20(2)3/h10-11,13H,4-9,12,14H2,1-3H3. The van der Waals surface area contributed by atoms with Gasteiger partial charge in [-0.3, -0.25) is 4.79 Å². The topological polar surface area (TPSA) is 29.5 Å². The molecule has 1 aromatic rings. The Bertz CT molecular complexity index is 460. The number of likely N-dealkylation sites (N-methyl/N-ethyl adjacent to an activating group) is 1. The van der Waals surface area contributed by atoms with Crippen LogP contribution in [0.2, 0.25) is 0 Å². The highest BCUT2D eigenvalue weighted by Gasteiger charge is 2.13. The molecular weight excluding hydrogens is 281 g/mol. The van der Waals surface area contributed by atoms with Crippen molar-refractivity contribution >= 4 is 5.78 Å². The molecule has 0 heterocycles. The molecule has 0 saturated heterocycles. The maximum Gasteiger partial charge on any atom is 0.179 e. The third-order valence-corrected chi connectivity index (χ3v) is 3.47. The number of nitrogens with zero attached hydrogens (tertiary/aromatic N) is 1. The summed E-state index contributed by atoms with van der Waals surface area (Å²) in [6, 6.07) is 4.49. The van der Waals surface area contributed by atoms with Gasteiger partial charge >= 0.3 is 0 Å². The molecule has 3 nitrogen and oxygen atoms in total. The number of unbranched alkanes of at least 4 members (excludes halogenated alkanes) is 5. The second kappa shape index (κ2) is 10.3. The molecule has 124 valence electrons. The lowest BCUT2D eigenvalue weighted by Gasteiger charge is -2.10. The van der Waals surface area contributed by atoms with Crippen LogP contribution in [0.15, 0.2) is 18.2 Å². The van der Waals surface area contributed by atoms with Crippen LogP contribution in [0.4, 0.5) is 4.39 Å². The minimum absolute atomic E-state index is 0.126. The lowest BCUT2D eigenvalue weighted by Crippen LogP contribution is -2.22. The molecule has 0 aliphatic rings. The van der Waals surface area contributed by atoms with Crippen LogP contribution < -0.4 is 4.74 Å². The SMILES string of the molecule is CCCCCCCCOc1ccc(C(=O)CN(C)C)c(F)c1. The van der Waals surface area contributed by atoms with Crippen LogP contribution in [0.25, 0.3) is 0 Å². The number of benzene rings is 1. The van der Waals surface area contributed by atoms with Gasteiger partial charge in [-0.25, -0.2) is 4.39 Å². The number of ketones is 1. The first-order valence-corrected chi connectivity index (χ1v) is 8.15. The van der Waals surface area contributed by atoms with Gasteiger partial charge in [0.2, 0.25) is 0 Å². The predicted octanol–water partition coefficient (Wildman–Crippen LogP) is 4.31. The molecular formula is C18H28FNO2. The molecule has 1 aromatic carbocycles. The highest BCUT2D eigenvalue weighted by Crippen LogP contribution is 2.18. The summed E-state index contributed by atoms with van der Waals surface area (Å²) in [4.78, 5) is 13.6. The molecule has 0 bridgehead atoms. The molecule has 0 aliphatic carbocycles. The van der Waals surface area contributed by atoms with Crippen molar-refractivity contribution in [2.75, 3.05) is 27.2 Å². The van der Waals surface area contributed by atoms with E-state index in [1.54, 1.807) is 25.1 Å². The normalized spacial score (nSPS) is 11.0. The number of ether oxygens (including phenoxy) is 1. The van der Waals surface area contributed by atoms with Gasteiger partial charge in [-0.1, -0.05) is 39.0 Å². The summed E-state index contributed by atoms with van der Waals surface area (Å²) in [6.07, 6.45) is 7.15. The van der Waals surface area contributed by atoms with Crippen molar-refractivity contribution in [2.45, 2.75) is 45.4 Å². The van der Waals surface area contributed by atoms with E-state index in [9.17, 15) is 9.18 Å². The summed E-state index contributed by atoms with van der Waals surface area (Å²) < 4.78 is 19.5. The molecule has 0 aliphatic heterocycles. The van der Waals surface area contributed by atoms with Gasteiger partial charge in [-0.15, -0.1) is 0 Å². The Morgan fingerprint density at radius 2 is 1.82 bits per heavy atom. The number of rotatable bonds is 11. The molecule has 0 spiro atoms. The average molecular weight is 309 g/mol. The summed E-state index contributed by atoms with van der Waals surface area (Å²) in [6.45, 7) is 3.00. The summed E-state index contributed by atoms with van der Waals surface area (Å²) in [7, 11) is 3.57. The van der Waals surface area contributed by atoms with E-state index in [0.717, 1.165) is 12.8 Å². The zero-order valence-electron chi connectivity index (χ0n) is 14.0. The lowest BCUT2D eigenvalue weighted by molar-refractivity contribution is 0.0954. The Hall–Kier alpha value is -1.42. The van der Waals surface area contributed by atoms with Crippen LogP contribution in [-0.4, -0.2) is 37.9 Å². The van der Waals surface area contributed by atoms with E-state index in [1.165, 1.54) is 37.8 Å². The van der Waals surface area contributed by atoms with Gasteiger partial charge < -0.3 is 9.64 Å². The number of carbonyl (C=O) groups excluding carboxylic acids is 1. The minimum atomic E-state index is -0.507. The average Bonchev–Trinajstić information content (AvgIpc) is 2.45. The van der Waals surface area contributed by atoms with E-state index in [1.807, 2.05) is 0 Å². The monoisotopic (exact) mass is 309 g/mol. The molecule has 4 heteroatoms. The molecule has 0 saturated carbocycles. The van der Waals surface area contributed by atoms with Crippen molar-refractivity contribution in [1.82, 2.24) is 4.90 Å². The highest BCUT2D eigenvalue weighted by molar-refractivity contribution is 5.97. The van der Waals surface area contributed by atoms with E-state index in [4.69, 9.17) is 4.74 Å². The fourth-order valence-corrected chi connectivity index (χ4v) is 2.26. The van der Waals surface area contributed by atoms with Crippen molar-refractivity contribution in [3.8, 4) is 5.75 Å². The van der Waals surface area contributed by atoms with Crippen molar-refractivity contribution < 1.29 is 13.9 Å². The van der Waals surface area contributed by atoms with E-state index < -0.39 is 5.82 Å². The Balaban J connectivity index is 2.37. The molecule has 22 heavy (non-hydrogen) atoms. The zero-order chi connectivity index (χ0) is 16.4. The number of Topliss-reactive ketones (excluding diaryl/α,β-unsaturated/α-hetero) is 1. The van der Waals surface area contributed by atoms with Gasteiger partial charge in [0.15, 0.2) is 5.78 Å². The number of halogens is 1.